The van der Waals surface area contributed by atoms with E-state index in [-0.39, 0.29) is 0 Å². The van der Waals surface area contributed by atoms with E-state index in [0.29, 0.717) is 5.82 Å². The predicted octanol–water partition coefficient (Wildman–Crippen LogP) is 14.3. The van der Waals surface area contributed by atoms with Crippen LogP contribution in [0, 0.1) is 0 Å². The molecule has 0 spiro atoms. The molecule has 0 unspecified atom stereocenters. The molecule has 0 saturated heterocycles. The van der Waals surface area contributed by atoms with Crippen LogP contribution in [0.1, 0.15) is 0 Å². The summed E-state index contributed by atoms with van der Waals surface area (Å²) in [6, 6.07) is 65.0. The Kier molecular flexibility index (Phi) is 7.16. The normalized spacial score (nSPS) is 11.8. The zero-order valence-electron chi connectivity index (χ0n) is 31.1. The van der Waals surface area contributed by atoms with Crippen LogP contribution in [0.5, 0.6) is 0 Å². The third kappa shape index (κ3) is 5.07. The van der Waals surface area contributed by atoms with Crippen LogP contribution in [0.3, 0.4) is 0 Å². The molecule has 12 rings (SSSR count). The van der Waals surface area contributed by atoms with E-state index in [0.717, 1.165) is 116 Å². The summed E-state index contributed by atoms with van der Waals surface area (Å²) in [4.78, 5) is 15.6. The van der Waals surface area contributed by atoms with Crippen molar-refractivity contribution in [2.75, 3.05) is 0 Å². The van der Waals surface area contributed by atoms with Gasteiger partial charge in [-0.2, -0.15) is 0 Å². The highest BCUT2D eigenvalue weighted by Gasteiger charge is 2.20. The molecule has 0 amide bonds. The van der Waals surface area contributed by atoms with E-state index in [4.69, 9.17) is 23.8 Å². The Morgan fingerprint density at radius 2 is 0.862 bits per heavy atom. The van der Waals surface area contributed by atoms with Gasteiger partial charge in [-0.3, -0.25) is 0 Å². The Morgan fingerprint density at radius 3 is 1.66 bits per heavy atom. The van der Waals surface area contributed by atoms with Gasteiger partial charge in [0.05, 0.1) is 17.1 Å². The van der Waals surface area contributed by atoms with Gasteiger partial charge in [-0.05, 0) is 52.2 Å². The summed E-state index contributed by atoms with van der Waals surface area (Å²) in [6.07, 6.45) is 0. The molecule has 0 aliphatic carbocycles. The standard InChI is InChI=1S/C53H31N3O2/c1-2-13-34(14-3-1)53-54-45(31-46(55-53)43-22-12-21-41-38-17-8-10-23-47(38)57-51(41)43)33-27-25-32(26-28-33)35-29-30-40(37-16-5-4-15-36(35)37)49-39-18-6-7-19-42(39)52-50(56-49)44-20-9-11-24-48(44)58-52/h1-31H. The van der Waals surface area contributed by atoms with Crippen LogP contribution in [0.4, 0.5) is 0 Å². The van der Waals surface area contributed by atoms with Crippen molar-refractivity contribution >= 4 is 65.6 Å². The van der Waals surface area contributed by atoms with E-state index in [1.807, 2.05) is 54.6 Å². The van der Waals surface area contributed by atoms with Crippen LogP contribution in [0.25, 0.3) is 122 Å². The largest absolute Gasteiger partial charge is 0.455 e. The van der Waals surface area contributed by atoms with Crippen LogP contribution in [0.15, 0.2) is 197 Å². The number of nitrogens with zero attached hydrogens (tertiary/aromatic N) is 3. The van der Waals surface area contributed by atoms with Gasteiger partial charge < -0.3 is 8.83 Å². The van der Waals surface area contributed by atoms with Crippen LogP contribution in [-0.2, 0) is 0 Å². The Balaban J connectivity index is 0.983. The molecule has 4 aromatic heterocycles. The maximum absolute atomic E-state index is 6.45. The minimum Gasteiger partial charge on any atom is -0.455 e. The maximum Gasteiger partial charge on any atom is 0.161 e. The first-order valence-electron chi connectivity index (χ1n) is 19.4. The number of aromatic nitrogens is 3. The molecular weight excluding hydrogens is 711 g/mol. The van der Waals surface area contributed by atoms with E-state index in [9.17, 15) is 0 Å². The molecule has 0 aliphatic rings. The van der Waals surface area contributed by atoms with Crippen LogP contribution in [0.2, 0.25) is 0 Å². The molecule has 0 saturated carbocycles. The zero-order chi connectivity index (χ0) is 38.2. The van der Waals surface area contributed by atoms with E-state index >= 15 is 0 Å². The maximum atomic E-state index is 6.45. The van der Waals surface area contributed by atoms with Crippen LogP contribution < -0.4 is 0 Å². The van der Waals surface area contributed by atoms with Gasteiger partial charge in [0, 0.05) is 49.2 Å². The van der Waals surface area contributed by atoms with Crippen molar-refractivity contribution in [2.24, 2.45) is 0 Å². The summed E-state index contributed by atoms with van der Waals surface area (Å²) in [5.74, 6) is 0.662. The van der Waals surface area contributed by atoms with Crippen molar-refractivity contribution in [2.45, 2.75) is 0 Å². The van der Waals surface area contributed by atoms with Crippen molar-refractivity contribution in [3.05, 3.63) is 188 Å². The third-order valence-electron chi connectivity index (χ3n) is 11.3. The van der Waals surface area contributed by atoms with Gasteiger partial charge in [-0.15, -0.1) is 0 Å². The summed E-state index contributed by atoms with van der Waals surface area (Å²) in [7, 11) is 0. The number of fused-ring (bicyclic) bond motifs is 9. The summed E-state index contributed by atoms with van der Waals surface area (Å²) >= 11 is 0. The molecule has 58 heavy (non-hydrogen) atoms. The van der Waals surface area contributed by atoms with Gasteiger partial charge in [-0.1, -0.05) is 158 Å². The van der Waals surface area contributed by atoms with Crippen molar-refractivity contribution in [3.8, 4) is 56.3 Å². The lowest BCUT2D eigenvalue weighted by Gasteiger charge is -2.14. The number of hydrogen-bond acceptors (Lipinski definition) is 5. The number of furan rings is 2. The number of pyridine rings is 1. The molecule has 5 nitrogen and oxygen atoms in total. The van der Waals surface area contributed by atoms with Crippen molar-refractivity contribution < 1.29 is 8.83 Å². The van der Waals surface area contributed by atoms with Crippen molar-refractivity contribution in [1.29, 1.82) is 0 Å². The molecule has 0 radical (unpaired) electrons. The smallest absolute Gasteiger partial charge is 0.161 e. The second-order valence-electron chi connectivity index (χ2n) is 14.7. The molecular formula is C53H31N3O2. The van der Waals surface area contributed by atoms with Gasteiger partial charge in [0.2, 0.25) is 0 Å². The Hall–Kier alpha value is -7.89. The summed E-state index contributed by atoms with van der Waals surface area (Å²) in [5, 5.41) is 7.59. The Bertz CT molecular complexity index is 3570. The molecule has 0 aliphatic heterocycles. The van der Waals surface area contributed by atoms with Gasteiger partial charge >= 0.3 is 0 Å². The minimum absolute atomic E-state index is 0.662. The number of para-hydroxylation sites is 3. The first-order valence-corrected chi connectivity index (χ1v) is 19.4. The molecule has 4 heterocycles. The highest BCUT2D eigenvalue weighted by Crippen LogP contribution is 2.42. The van der Waals surface area contributed by atoms with Gasteiger partial charge in [-0.25, -0.2) is 15.0 Å². The van der Waals surface area contributed by atoms with E-state index in [1.165, 1.54) is 0 Å². The predicted molar refractivity (Wildman–Crippen MR) is 237 cm³/mol. The first-order chi connectivity index (χ1) is 28.7. The van der Waals surface area contributed by atoms with Gasteiger partial charge in [0.15, 0.2) is 11.4 Å². The molecule has 12 aromatic rings. The fourth-order valence-electron chi connectivity index (χ4n) is 8.57. The second-order valence-corrected chi connectivity index (χ2v) is 14.7. The summed E-state index contributed by atoms with van der Waals surface area (Å²) < 4.78 is 12.8. The fourth-order valence-corrected chi connectivity index (χ4v) is 8.57. The third-order valence-corrected chi connectivity index (χ3v) is 11.3. The number of hydrogen-bond donors (Lipinski definition) is 0. The lowest BCUT2D eigenvalue weighted by atomic mass is 9.91. The number of benzene rings is 8. The molecule has 5 heteroatoms. The molecule has 0 fully saturated rings. The minimum atomic E-state index is 0.662. The highest BCUT2D eigenvalue weighted by atomic mass is 16.3. The molecule has 8 aromatic carbocycles. The van der Waals surface area contributed by atoms with E-state index < -0.39 is 0 Å². The fraction of sp³-hybridized carbons (Fsp3) is 0. The lowest BCUT2D eigenvalue weighted by Crippen LogP contribution is -1.96. The zero-order valence-corrected chi connectivity index (χ0v) is 31.1. The average Bonchev–Trinajstić information content (AvgIpc) is 3.87. The second kappa shape index (κ2) is 12.8. The molecule has 0 bridgehead atoms. The lowest BCUT2D eigenvalue weighted by molar-refractivity contribution is 0.669. The molecule has 270 valence electrons. The highest BCUT2D eigenvalue weighted by molar-refractivity contribution is 6.18. The monoisotopic (exact) mass is 741 g/mol. The van der Waals surface area contributed by atoms with Gasteiger partial charge in [0.25, 0.3) is 0 Å². The number of rotatable bonds is 5. The molecule has 0 atom stereocenters. The molecule has 0 N–H and O–H groups in total. The van der Waals surface area contributed by atoms with Gasteiger partial charge in [0.1, 0.15) is 22.3 Å². The average molecular weight is 742 g/mol. The Morgan fingerprint density at radius 1 is 0.310 bits per heavy atom. The van der Waals surface area contributed by atoms with E-state index in [2.05, 4.69) is 133 Å². The first kappa shape index (κ1) is 32.4. The van der Waals surface area contributed by atoms with Crippen LogP contribution >= 0.6 is 0 Å². The Labute approximate surface area is 332 Å². The van der Waals surface area contributed by atoms with E-state index in [1.54, 1.807) is 0 Å². The van der Waals surface area contributed by atoms with Crippen molar-refractivity contribution in [3.63, 3.8) is 0 Å². The topological polar surface area (TPSA) is 65.0 Å². The quantitative estimate of drug-likeness (QED) is 0.176. The SMILES string of the molecule is c1ccc(-c2nc(-c3ccc(-c4ccc(-c5nc6c7ccccc7oc6c6ccccc56)c5ccccc45)cc3)cc(-c3cccc4c3oc3ccccc34)n2)cc1. The van der Waals surface area contributed by atoms with Crippen LogP contribution in [-0.4, -0.2) is 15.0 Å². The summed E-state index contributed by atoms with van der Waals surface area (Å²) in [6.45, 7) is 0. The van der Waals surface area contributed by atoms with Crippen molar-refractivity contribution in [1.82, 2.24) is 15.0 Å². The summed E-state index contributed by atoms with van der Waals surface area (Å²) in [5.41, 5.74) is 13.0.